The minimum Gasteiger partial charge on any atom is -0.388 e. The first-order valence-electron chi connectivity index (χ1n) is 6.60. The standard InChI is InChI=1S/C17H15ClN2O/c1-20-16-6-5-14(11-13(16)8-10-21)17-12(7-9-19)3-2-4-15(17)18/h2-6,10-11,20H,7-8H2,1H3. The van der Waals surface area contributed by atoms with E-state index >= 15 is 0 Å². The van der Waals surface area contributed by atoms with Gasteiger partial charge in [0, 0.05) is 29.7 Å². The molecular weight excluding hydrogens is 284 g/mol. The summed E-state index contributed by atoms with van der Waals surface area (Å²) < 4.78 is 0. The lowest BCUT2D eigenvalue weighted by Gasteiger charge is -2.13. The van der Waals surface area contributed by atoms with Crippen molar-refractivity contribution in [2.75, 3.05) is 12.4 Å². The molecule has 3 nitrogen and oxygen atoms in total. The lowest BCUT2D eigenvalue weighted by atomic mass is 9.95. The fourth-order valence-electron chi connectivity index (χ4n) is 2.38. The van der Waals surface area contributed by atoms with Crippen molar-refractivity contribution in [1.82, 2.24) is 0 Å². The molecule has 0 radical (unpaired) electrons. The van der Waals surface area contributed by atoms with Crippen molar-refractivity contribution in [2.45, 2.75) is 12.8 Å². The van der Waals surface area contributed by atoms with Crippen LogP contribution in [0, 0.1) is 11.3 Å². The van der Waals surface area contributed by atoms with Crippen LogP contribution >= 0.6 is 11.6 Å². The number of halogens is 1. The Kier molecular flexibility index (Phi) is 4.97. The Labute approximate surface area is 129 Å². The Morgan fingerprint density at radius 3 is 2.76 bits per heavy atom. The highest BCUT2D eigenvalue weighted by atomic mass is 35.5. The van der Waals surface area contributed by atoms with E-state index in [0.29, 0.717) is 17.9 Å². The Balaban J connectivity index is 2.59. The number of hydrogen-bond acceptors (Lipinski definition) is 3. The van der Waals surface area contributed by atoms with Crippen molar-refractivity contribution in [3.05, 3.63) is 52.5 Å². The van der Waals surface area contributed by atoms with Crippen LogP contribution in [0.5, 0.6) is 0 Å². The van der Waals surface area contributed by atoms with Crippen molar-refractivity contribution < 1.29 is 4.79 Å². The molecule has 0 fully saturated rings. The van der Waals surface area contributed by atoms with Crippen LogP contribution in [0.1, 0.15) is 11.1 Å². The molecule has 21 heavy (non-hydrogen) atoms. The number of carbonyl (C=O) groups excluding carboxylic acids is 1. The average Bonchev–Trinajstić information content (AvgIpc) is 2.48. The zero-order valence-corrected chi connectivity index (χ0v) is 12.4. The van der Waals surface area contributed by atoms with Gasteiger partial charge < -0.3 is 10.1 Å². The summed E-state index contributed by atoms with van der Waals surface area (Å²) in [5.41, 5.74) is 4.49. The molecule has 0 saturated heterocycles. The number of hydrogen-bond donors (Lipinski definition) is 1. The van der Waals surface area contributed by atoms with E-state index in [0.717, 1.165) is 34.2 Å². The molecular formula is C17H15ClN2O. The minimum atomic E-state index is 0.298. The molecule has 0 unspecified atom stereocenters. The summed E-state index contributed by atoms with van der Waals surface area (Å²) in [6, 6.07) is 13.5. The van der Waals surface area contributed by atoms with Crippen LogP contribution in [0.3, 0.4) is 0 Å². The number of nitrogens with one attached hydrogen (secondary N) is 1. The molecule has 0 amide bonds. The number of aldehydes is 1. The Morgan fingerprint density at radius 2 is 2.10 bits per heavy atom. The molecule has 0 heterocycles. The number of carbonyl (C=O) groups is 1. The van der Waals surface area contributed by atoms with Crippen LogP contribution in [0.15, 0.2) is 36.4 Å². The fraction of sp³-hybridized carbons (Fsp3) is 0.176. The van der Waals surface area contributed by atoms with E-state index in [1.807, 2.05) is 43.4 Å². The summed E-state index contributed by atoms with van der Waals surface area (Å²) in [4.78, 5) is 10.8. The van der Waals surface area contributed by atoms with Crippen LogP contribution in [0.4, 0.5) is 5.69 Å². The summed E-state index contributed by atoms with van der Waals surface area (Å²) in [6.45, 7) is 0. The third-order valence-corrected chi connectivity index (χ3v) is 3.65. The maximum Gasteiger partial charge on any atom is 0.124 e. The number of rotatable bonds is 5. The number of nitrogens with zero attached hydrogens (tertiary/aromatic N) is 1. The van der Waals surface area contributed by atoms with Crippen LogP contribution in [0.25, 0.3) is 11.1 Å². The maximum atomic E-state index is 10.8. The maximum absolute atomic E-state index is 10.8. The van der Waals surface area contributed by atoms with Gasteiger partial charge in [-0.3, -0.25) is 0 Å². The van der Waals surface area contributed by atoms with Gasteiger partial charge in [0.25, 0.3) is 0 Å². The van der Waals surface area contributed by atoms with E-state index in [4.69, 9.17) is 16.9 Å². The van der Waals surface area contributed by atoms with Crippen molar-refractivity contribution in [1.29, 1.82) is 5.26 Å². The molecule has 2 rings (SSSR count). The zero-order valence-electron chi connectivity index (χ0n) is 11.7. The van der Waals surface area contributed by atoms with Crippen molar-refractivity contribution in [3.8, 4) is 17.2 Å². The molecule has 4 heteroatoms. The van der Waals surface area contributed by atoms with E-state index < -0.39 is 0 Å². The lowest BCUT2D eigenvalue weighted by Crippen LogP contribution is -1.98. The van der Waals surface area contributed by atoms with E-state index in [1.165, 1.54) is 0 Å². The van der Waals surface area contributed by atoms with Gasteiger partial charge in [0.05, 0.1) is 12.5 Å². The highest BCUT2D eigenvalue weighted by Crippen LogP contribution is 2.33. The second-order valence-electron chi connectivity index (χ2n) is 4.60. The molecule has 0 spiro atoms. The molecule has 0 aliphatic rings. The predicted molar refractivity (Wildman–Crippen MR) is 85.5 cm³/mol. The van der Waals surface area contributed by atoms with Crippen LogP contribution in [0.2, 0.25) is 5.02 Å². The van der Waals surface area contributed by atoms with E-state index in [2.05, 4.69) is 11.4 Å². The Bertz CT molecular complexity index is 704. The molecule has 0 aliphatic heterocycles. The van der Waals surface area contributed by atoms with Gasteiger partial charge in [-0.05, 0) is 34.9 Å². The largest absolute Gasteiger partial charge is 0.388 e. The average molecular weight is 299 g/mol. The lowest BCUT2D eigenvalue weighted by molar-refractivity contribution is -0.107. The molecule has 0 aliphatic carbocycles. The SMILES string of the molecule is CNc1ccc(-c2c(Cl)cccc2CC#N)cc1CC=O. The van der Waals surface area contributed by atoms with E-state index in [-0.39, 0.29) is 0 Å². The topological polar surface area (TPSA) is 52.9 Å². The summed E-state index contributed by atoms with van der Waals surface area (Å²) in [7, 11) is 1.82. The van der Waals surface area contributed by atoms with E-state index in [1.54, 1.807) is 0 Å². The fourth-order valence-corrected chi connectivity index (χ4v) is 2.68. The molecule has 1 N–H and O–H groups in total. The van der Waals surface area contributed by atoms with Gasteiger partial charge in [0.1, 0.15) is 6.29 Å². The first-order valence-corrected chi connectivity index (χ1v) is 6.98. The Hall–Kier alpha value is -2.31. The monoisotopic (exact) mass is 298 g/mol. The van der Waals surface area contributed by atoms with Crippen molar-refractivity contribution in [3.63, 3.8) is 0 Å². The van der Waals surface area contributed by atoms with Gasteiger partial charge in [-0.1, -0.05) is 29.8 Å². The molecule has 0 saturated carbocycles. The summed E-state index contributed by atoms with van der Waals surface area (Å²) in [5, 5.41) is 12.6. The highest BCUT2D eigenvalue weighted by Gasteiger charge is 2.11. The van der Waals surface area contributed by atoms with Crippen LogP contribution in [-0.2, 0) is 17.6 Å². The van der Waals surface area contributed by atoms with Crippen LogP contribution < -0.4 is 5.32 Å². The van der Waals surface area contributed by atoms with Crippen molar-refractivity contribution >= 4 is 23.6 Å². The Morgan fingerprint density at radius 1 is 1.29 bits per heavy atom. The van der Waals surface area contributed by atoms with Gasteiger partial charge in [0.2, 0.25) is 0 Å². The van der Waals surface area contributed by atoms with Gasteiger partial charge in [-0.25, -0.2) is 0 Å². The van der Waals surface area contributed by atoms with Crippen LogP contribution in [-0.4, -0.2) is 13.3 Å². The normalized spacial score (nSPS) is 9.95. The second kappa shape index (κ2) is 6.92. The molecule has 0 bridgehead atoms. The molecule has 0 atom stereocenters. The quantitative estimate of drug-likeness (QED) is 0.853. The number of nitriles is 1. The molecule has 106 valence electrons. The first-order chi connectivity index (χ1) is 10.2. The summed E-state index contributed by atoms with van der Waals surface area (Å²) in [6.07, 6.45) is 1.51. The van der Waals surface area contributed by atoms with Gasteiger partial charge in [-0.15, -0.1) is 0 Å². The predicted octanol–water partition coefficient (Wildman–Crippen LogP) is 3.86. The third kappa shape index (κ3) is 3.24. The second-order valence-corrected chi connectivity index (χ2v) is 5.01. The van der Waals surface area contributed by atoms with Gasteiger partial charge >= 0.3 is 0 Å². The van der Waals surface area contributed by atoms with Crippen molar-refractivity contribution in [2.24, 2.45) is 0 Å². The summed E-state index contributed by atoms with van der Waals surface area (Å²) >= 11 is 6.31. The number of benzene rings is 2. The van der Waals surface area contributed by atoms with Gasteiger partial charge in [0.15, 0.2) is 0 Å². The van der Waals surface area contributed by atoms with Gasteiger partial charge in [-0.2, -0.15) is 5.26 Å². The molecule has 0 aromatic heterocycles. The minimum absolute atomic E-state index is 0.298. The zero-order chi connectivity index (χ0) is 15.2. The number of anilines is 1. The molecule has 2 aromatic carbocycles. The summed E-state index contributed by atoms with van der Waals surface area (Å²) in [5.74, 6) is 0. The third-order valence-electron chi connectivity index (χ3n) is 3.34. The highest BCUT2D eigenvalue weighted by molar-refractivity contribution is 6.33. The molecule has 2 aromatic rings. The van der Waals surface area contributed by atoms with E-state index in [9.17, 15) is 4.79 Å². The first kappa shape index (κ1) is 15.1. The smallest absolute Gasteiger partial charge is 0.124 e.